The minimum Gasteiger partial charge on any atom is -0.406 e. The van der Waals surface area contributed by atoms with Crippen LogP contribution in [0, 0.1) is 13.8 Å². The molecule has 9 heteroatoms. The molecule has 0 atom stereocenters. The molecule has 0 bridgehead atoms. The Bertz CT molecular complexity index is 1130. The van der Waals surface area contributed by atoms with Crippen molar-refractivity contribution in [1.29, 1.82) is 0 Å². The van der Waals surface area contributed by atoms with Crippen molar-refractivity contribution in [2.24, 2.45) is 0 Å². The average Bonchev–Trinajstić information content (AvgIpc) is 3.07. The van der Waals surface area contributed by atoms with Gasteiger partial charge in [0.2, 0.25) is 0 Å². The first kappa shape index (κ1) is 22.2. The SMILES string of the molecule is Cc1cccc(-c2nc(N)sc2C)n1.FC(F)(F)Oc1ccc(-c2ccccn2)cc1. The molecule has 31 heavy (non-hydrogen) atoms. The molecule has 0 saturated carbocycles. The maximum Gasteiger partial charge on any atom is 0.573 e. The summed E-state index contributed by atoms with van der Waals surface area (Å²) in [7, 11) is 0. The van der Waals surface area contributed by atoms with E-state index in [2.05, 4.69) is 19.7 Å². The number of nitrogens with two attached hydrogens (primary N) is 1. The second kappa shape index (κ2) is 9.57. The summed E-state index contributed by atoms with van der Waals surface area (Å²) in [6.45, 7) is 3.97. The monoisotopic (exact) mass is 444 g/mol. The molecule has 160 valence electrons. The van der Waals surface area contributed by atoms with Gasteiger partial charge in [-0.3, -0.25) is 9.97 Å². The number of alkyl halides is 3. The van der Waals surface area contributed by atoms with Gasteiger partial charge in [-0.15, -0.1) is 24.5 Å². The lowest BCUT2D eigenvalue weighted by molar-refractivity contribution is -0.274. The van der Waals surface area contributed by atoms with E-state index >= 15 is 0 Å². The minimum absolute atomic E-state index is 0.239. The summed E-state index contributed by atoms with van der Waals surface area (Å²) >= 11 is 1.50. The molecular weight excluding hydrogens is 425 g/mol. The highest BCUT2D eigenvalue weighted by atomic mass is 32.1. The Balaban J connectivity index is 0.000000179. The maximum atomic E-state index is 11.9. The first-order valence-corrected chi connectivity index (χ1v) is 9.97. The number of nitrogen functional groups attached to an aromatic ring is 1. The highest BCUT2D eigenvalue weighted by Gasteiger charge is 2.30. The number of nitrogens with zero attached hydrogens (tertiary/aromatic N) is 3. The Morgan fingerprint density at radius 2 is 1.58 bits per heavy atom. The summed E-state index contributed by atoms with van der Waals surface area (Å²) in [5.41, 5.74) is 9.86. The van der Waals surface area contributed by atoms with Crippen LogP contribution < -0.4 is 10.5 Å². The number of anilines is 1. The van der Waals surface area contributed by atoms with Crippen LogP contribution in [0.1, 0.15) is 10.6 Å². The number of aryl methyl sites for hydroxylation is 2. The molecule has 3 aromatic heterocycles. The molecule has 0 aliphatic heterocycles. The third kappa shape index (κ3) is 6.51. The molecule has 0 spiro atoms. The van der Waals surface area contributed by atoms with Gasteiger partial charge in [0, 0.05) is 22.3 Å². The zero-order chi connectivity index (χ0) is 22.4. The van der Waals surface area contributed by atoms with Crippen LogP contribution in [-0.2, 0) is 0 Å². The van der Waals surface area contributed by atoms with E-state index in [-0.39, 0.29) is 5.75 Å². The van der Waals surface area contributed by atoms with E-state index in [9.17, 15) is 13.2 Å². The fraction of sp³-hybridized carbons (Fsp3) is 0.136. The van der Waals surface area contributed by atoms with Gasteiger partial charge in [0.1, 0.15) is 11.4 Å². The van der Waals surface area contributed by atoms with Gasteiger partial charge >= 0.3 is 6.36 Å². The van der Waals surface area contributed by atoms with Gasteiger partial charge < -0.3 is 10.5 Å². The fourth-order valence-corrected chi connectivity index (χ4v) is 3.39. The van der Waals surface area contributed by atoms with Crippen LogP contribution in [0.3, 0.4) is 0 Å². The summed E-state index contributed by atoms with van der Waals surface area (Å²) in [5, 5.41) is 0.598. The molecule has 3 heterocycles. The van der Waals surface area contributed by atoms with Crippen molar-refractivity contribution in [3.05, 3.63) is 77.4 Å². The van der Waals surface area contributed by atoms with Crippen LogP contribution in [0.25, 0.3) is 22.6 Å². The zero-order valence-electron chi connectivity index (χ0n) is 16.7. The average molecular weight is 444 g/mol. The van der Waals surface area contributed by atoms with Gasteiger partial charge in [0.25, 0.3) is 0 Å². The number of hydrogen-bond acceptors (Lipinski definition) is 6. The minimum atomic E-state index is -4.66. The van der Waals surface area contributed by atoms with Crippen LogP contribution in [-0.4, -0.2) is 21.3 Å². The van der Waals surface area contributed by atoms with Gasteiger partial charge in [-0.25, -0.2) is 4.98 Å². The van der Waals surface area contributed by atoms with Crippen molar-refractivity contribution < 1.29 is 17.9 Å². The largest absolute Gasteiger partial charge is 0.573 e. The molecule has 0 amide bonds. The lowest BCUT2D eigenvalue weighted by atomic mass is 10.1. The first-order chi connectivity index (χ1) is 14.7. The third-order valence-corrected chi connectivity index (χ3v) is 4.79. The van der Waals surface area contributed by atoms with Crippen LogP contribution in [0.15, 0.2) is 66.9 Å². The molecule has 0 unspecified atom stereocenters. The molecule has 2 N–H and O–H groups in total. The number of halogens is 3. The fourth-order valence-electron chi connectivity index (χ4n) is 2.69. The van der Waals surface area contributed by atoms with Crippen molar-refractivity contribution in [2.45, 2.75) is 20.2 Å². The lowest BCUT2D eigenvalue weighted by Crippen LogP contribution is -2.16. The lowest BCUT2D eigenvalue weighted by Gasteiger charge is -2.09. The molecule has 0 aliphatic rings. The summed E-state index contributed by atoms with van der Waals surface area (Å²) < 4.78 is 39.6. The zero-order valence-corrected chi connectivity index (χ0v) is 17.5. The smallest absolute Gasteiger partial charge is 0.406 e. The summed E-state index contributed by atoms with van der Waals surface area (Å²) in [5.74, 6) is -0.239. The Morgan fingerprint density at radius 1 is 0.871 bits per heavy atom. The quantitative estimate of drug-likeness (QED) is 0.416. The van der Waals surface area contributed by atoms with Crippen molar-refractivity contribution in [3.8, 4) is 28.4 Å². The van der Waals surface area contributed by atoms with Crippen LogP contribution in [0.5, 0.6) is 5.75 Å². The van der Waals surface area contributed by atoms with Gasteiger partial charge in [-0.1, -0.05) is 12.1 Å². The van der Waals surface area contributed by atoms with Crippen molar-refractivity contribution >= 4 is 16.5 Å². The Hall–Kier alpha value is -3.46. The normalized spacial score (nSPS) is 10.9. The Labute approximate surface area is 181 Å². The van der Waals surface area contributed by atoms with Crippen LogP contribution in [0.4, 0.5) is 18.3 Å². The second-order valence-electron chi connectivity index (χ2n) is 6.41. The van der Waals surface area contributed by atoms with E-state index in [0.29, 0.717) is 10.8 Å². The number of pyridine rings is 2. The van der Waals surface area contributed by atoms with Gasteiger partial charge in [0.15, 0.2) is 5.13 Å². The number of rotatable bonds is 3. The van der Waals surface area contributed by atoms with Crippen LogP contribution in [0.2, 0.25) is 0 Å². The van der Waals surface area contributed by atoms with Gasteiger partial charge in [-0.05, 0) is 62.4 Å². The van der Waals surface area contributed by atoms with E-state index < -0.39 is 6.36 Å². The number of benzene rings is 1. The van der Waals surface area contributed by atoms with E-state index in [1.807, 2.05) is 38.1 Å². The van der Waals surface area contributed by atoms with E-state index in [0.717, 1.165) is 27.5 Å². The number of ether oxygens (including phenoxy) is 1. The van der Waals surface area contributed by atoms with E-state index in [1.165, 1.54) is 35.6 Å². The number of hydrogen-bond donors (Lipinski definition) is 1. The molecule has 4 rings (SSSR count). The predicted molar refractivity (Wildman–Crippen MR) is 116 cm³/mol. The Kier molecular flexibility index (Phi) is 6.86. The van der Waals surface area contributed by atoms with Crippen molar-refractivity contribution in [2.75, 3.05) is 5.73 Å². The topological polar surface area (TPSA) is 73.9 Å². The summed E-state index contributed by atoms with van der Waals surface area (Å²) in [6, 6.07) is 16.8. The van der Waals surface area contributed by atoms with Crippen molar-refractivity contribution in [3.63, 3.8) is 0 Å². The molecular formula is C22H19F3N4OS. The predicted octanol–water partition coefficient (Wildman–Crippen LogP) is 6.05. The highest BCUT2D eigenvalue weighted by molar-refractivity contribution is 7.15. The molecule has 0 aliphatic carbocycles. The standard InChI is InChI=1S/C12H8F3NO.C10H11N3S/c13-12(14,15)17-10-6-4-9(5-7-10)11-3-1-2-8-16-11;1-6-4-3-5-8(12-6)9-7(2)14-10(11)13-9/h1-8H;3-5H,1-2H3,(H2,11,13). The summed E-state index contributed by atoms with van der Waals surface area (Å²) in [4.78, 5) is 13.9. The maximum absolute atomic E-state index is 11.9. The Morgan fingerprint density at radius 3 is 2.13 bits per heavy atom. The second-order valence-corrected chi connectivity index (χ2v) is 7.64. The van der Waals surface area contributed by atoms with E-state index in [4.69, 9.17) is 5.73 Å². The van der Waals surface area contributed by atoms with Gasteiger partial charge in [0.05, 0.1) is 11.4 Å². The van der Waals surface area contributed by atoms with Crippen LogP contribution >= 0.6 is 11.3 Å². The van der Waals surface area contributed by atoms with Gasteiger partial charge in [-0.2, -0.15) is 0 Å². The summed E-state index contributed by atoms with van der Waals surface area (Å²) in [6.07, 6.45) is -3.04. The highest BCUT2D eigenvalue weighted by Crippen LogP contribution is 2.27. The molecule has 5 nitrogen and oxygen atoms in total. The third-order valence-electron chi connectivity index (χ3n) is 3.99. The molecule has 0 fully saturated rings. The molecule has 0 radical (unpaired) electrons. The first-order valence-electron chi connectivity index (χ1n) is 9.15. The van der Waals surface area contributed by atoms with Crippen molar-refractivity contribution in [1.82, 2.24) is 15.0 Å². The van der Waals surface area contributed by atoms with E-state index in [1.54, 1.807) is 18.3 Å². The number of aromatic nitrogens is 3. The molecule has 1 aromatic carbocycles. The molecule has 4 aromatic rings. The number of thiazole rings is 1. The molecule has 0 saturated heterocycles.